The largest absolute Gasteiger partial charge is 0.493 e. The molecule has 4 aromatic rings. The van der Waals surface area contributed by atoms with Crippen LogP contribution < -0.4 is 10.3 Å². The maximum Gasteiger partial charge on any atom is 0.307 e. The van der Waals surface area contributed by atoms with Crippen molar-refractivity contribution < 1.29 is 19.4 Å². The highest BCUT2D eigenvalue weighted by Gasteiger charge is 2.45. The van der Waals surface area contributed by atoms with Crippen LogP contribution >= 0.6 is 0 Å². The molecule has 8 nitrogen and oxygen atoms in total. The lowest BCUT2D eigenvalue weighted by atomic mass is 9.84. The van der Waals surface area contributed by atoms with E-state index in [1.165, 1.54) is 10.2 Å². The molecule has 0 spiro atoms. The minimum absolute atomic E-state index is 0.102. The van der Waals surface area contributed by atoms with Crippen molar-refractivity contribution >= 4 is 22.7 Å². The third-order valence-corrected chi connectivity index (χ3v) is 7.34. The topological polar surface area (TPSA) is 111 Å². The molecule has 194 valence electrons. The van der Waals surface area contributed by atoms with Crippen molar-refractivity contribution in [3.63, 3.8) is 0 Å². The summed E-state index contributed by atoms with van der Waals surface area (Å²) >= 11 is 0. The van der Waals surface area contributed by atoms with E-state index in [4.69, 9.17) is 4.74 Å². The normalized spacial score (nSPS) is 18.9. The van der Waals surface area contributed by atoms with Gasteiger partial charge in [-0.2, -0.15) is 0 Å². The molecule has 1 heterocycles. The maximum atomic E-state index is 13.3. The van der Waals surface area contributed by atoms with E-state index in [1.807, 2.05) is 43.3 Å². The van der Waals surface area contributed by atoms with Gasteiger partial charge in [0.1, 0.15) is 11.3 Å². The molecule has 1 aromatic heterocycles. The summed E-state index contributed by atoms with van der Waals surface area (Å²) in [6.45, 7) is 2.50. The summed E-state index contributed by atoms with van der Waals surface area (Å²) in [7, 11) is 0. The van der Waals surface area contributed by atoms with Crippen LogP contribution in [-0.2, 0) is 17.8 Å². The van der Waals surface area contributed by atoms with E-state index in [-0.39, 0.29) is 17.9 Å². The zero-order chi connectivity index (χ0) is 26.6. The average Bonchev–Trinajstić information content (AvgIpc) is 3.35. The lowest BCUT2D eigenvalue weighted by Crippen LogP contribution is -2.34. The number of aryl methyl sites for hydroxylation is 1. The molecule has 1 aliphatic rings. The number of fused-ring (bicyclic) bond motifs is 1. The first-order chi connectivity index (χ1) is 18.4. The summed E-state index contributed by atoms with van der Waals surface area (Å²) in [5, 5.41) is 18.7. The number of rotatable bonds is 9. The standard InChI is InChI=1S/C30H29N3O5/c1-19-7-14-26-25(17-19)29(35)33(32-31-26)18-22-10-13-24(27(22)30(36)37)28(34)21-8-11-23(12-9-21)38-16-15-20-5-3-2-4-6-20/h2-9,11-12,14,17,22,24,27H,10,13,15-16,18H2,1H3,(H,36,37). The van der Waals surface area contributed by atoms with Crippen LogP contribution in [0.25, 0.3) is 10.9 Å². The van der Waals surface area contributed by atoms with Gasteiger partial charge >= 0.3 is 5.97 Å². The molecule has 0 radical (unpaired) electrons. The van der Waals surface area contributed by atoms with Gasteiger partial charge in [-0.15, -0.1) is 5.10 Å². The van der Waals surface area contributed by atoms with E-state index in [1.54, 1.807) is 36.4 Å². The quantitative estimate of drug-likeness (QED) is 0.333. The van der Waals surface area contributed by atoms with Crippen molar-refractivity contribution in [1.29, 1.82) is 0 Å². The number of hydrogen-bond acceptors (Lipinski definition) is 6. The Morgan fingerprint density at radius 2 is 1.79 bits per heavy atom. The van der Waals surface area contributed by atoms with Crippen molar-refractivity contribution in [2.75, 3.05) is 6.61 Å². The molecule has 0 aliphatic heterocycles. The van der Waals surface area contributed by atoms with Gasteiger partial charge in [-0.05, 0) is 67.6 Å². The number of carboxylic acids is 1. The highest BCUT2D eigenvalue weighted by atomic mass is 16.5. The number of ketones is 1. The Labute approximate surface area is 219 Å². The van der Waals surface area contributed by atoms with Gasteiger partial charge in [0.25, 0.3) is 5.56 Å². The van der Waals surface area contributed by atoms with Gasteiger partial charge in [0, 0.05) is 17.9 Å². The third kappa shape index (κ3) is 5.34. The van der Waals surface area contributed by atoms with Crippen LogP contribution in [0, 0.1) is 24.7 Å². The van der Waals surface area contributed by atoms with Gasteiger partial charge in [-0.25, -0.2) is 4.68 Å². The predicted molar refractivity (Wildman–Crippen MR) is 142 cm³/mol. The molecule has 1 fully saturated rings. The summed E-state index contributed by atoms with van der Waals surface area (Å²) in [4.78, 5) is 38.6. The van der Waals surface area contributed by atoms with Crippen LogP contribution in [0.15, 0.2) is 77.6 Å². The minimum Gasteiger partial charge on any atom is -0.493 e. The zero-order valence-corrected chi connectivity index (χ0v) is 21.1. The third-order valence-electron chi connectivity index (χ3n) is 7.34. The fraction of sp³-hybridized carbons (Fsp3) is 0.300. The number of carbonyl (C=O) groups excluding carboxylic acids is 1. The van der Waals surface area contributed by atoms with Gasteiger partial charge < -0.3 is 9.84 Å². The van der Waals surface area contributed by atoms with Crippen LogP contribution in [0.3, 0.4) is 0 Å². The average molecular weight is 512 g/mol. The summed E-state index contributed by atoms with van der Waals surface area (Å²) in [6, 6.07) is 22.3. The van der Waals surface area contributed by atoms with Crippen molar-refractivity contribution in [3.05, 3.63) is 99.8 Å². The van der Waals surface area contributed by atoms with Gasteiger partial charge in [-0.1, -0.05) is 47.2 Å². The second kappa shape index (κ2) is 11.0. The Morgan fingerprint density at radius 3 is 2.53 bits per heavy atom. The Hall–Kier alpha value is -4.33. The molecule has 3 atom stereocenters. The van der Waals surface area contributed by atoms with Crippen LogP contribution in [0.2, 0.25) is 0 Å². The van der Waals surface area contributed by atoms with Crippen LogP contribution in [0.1, 0.15) is 34.3 Å². The number of nitrogens with zero attached hydrogens (tertiary/aromatic N) is 3. The van der Waals surface area contributed by atoms with Gasteiger partial charge in [0.15, 0.2) is 5.78 Å². The summed E-state index contributed by atoms with van der Waals surface area (Å²) in [5.41, 5.74) is 2.76. The number of aliphatic carboxylic acids is 1. The van der Waals surface area contributed by atoms with Crippen molar-refractivity contribution in [1.82, 2.24) is 15.0 Å². The van der Waals surface area contributed by atoms with Crippen LogP contribution in [0.4, 0.5) is 0 Å². The molecule has 3 unspecified atom stereocenters. The number of carbonyl (C=O) groups is 2. The molecule has 1 aliphatic carbocycles. The Morgan fingerprint density at radius 1 is 1.03 bits per heavy atom. The van der Waals surface area contributed by atoms with E-state index in [9.17, 15) is 19.5 Å². The van der Waals surface area contributed by atoms with Crippen LogP contribution in [-0.4, -0.2) is 38.5 Å². The smallest absolute Gasteiger partial charge is 0.307 e. The van der Waals surface area contributed by atoms with Gasteiger partial charge in [-0.3, -0.25) is 14.4 Å². The molecule has 0 amide bonds. The highest BCUT2D eigenvalue weighted by molar-refractivity contribution is 6.00. The summed E-state index contributed by atoms with van der Waals surface area (Å²) in [5.74, 6) is -2.58. The number of ether oxygens (including phenoxy) is 1. The van der Waals surface area contributed by atoms with Crippen LogP contribution in [0.5, 0.6) is 5.75 Å². The highest BCUT2D eigenvalue weighted by Crippen LogP contribution is 2.40. The minimum atomic E-state index is -1.04. The van der Waals surface area contributed by atoms with Crippen molar-refractivity contribution in [2.24, 2.45) is 17.8 Å². The van der Waals surface area contributed by atoms with E-state index in [0.717, 1.165) is 12.0 Å². The van der Waals surface area contributed by atoms with Crippen molar-refractivity contribution in [2.45, 2.75) is 32.7 Å². The fourth-order valence-electron chi connectivity index (χ4n) is 5.35. The lowest BCUT2D eigenvalue weighted by Gasteiger charge is -2.20. The SMILES string of the molecule is Cc1ccc2nnn(CC3CCC(C(=O)c4ccc(OCCc5ccccc5)cc4)C3C(=O)O)c(=O)c2c1. The summed E-state index contributed by atoms with van der Waals surface area (Å²) < 4.78 is 7.04. The first-order valence-corrected chi connectivity index (χ1v) is 12.8. The van der Waals surface area contributed by atoms with Gasteiger partial charge in [0.05, 0.1) is 24.5 Å². The number of carboxylic acid groups (broad SMARTS) is 1. The molecular formula is C30H29N3O5. The molecule has 1 N–H and O–H groups in total. The monoisotopic (exact) mass is 511 g/mol. The molecule has 0 saturated heterocycles. The Kier molecular flexibility index (Phi) is 7.31. The zero-order valence-electron chi connectivity index (χ0n) is 21.1. The first kappa shape index (κ1) is 25.3. The first-order valence-electron chi connectivity index (χ1n) is 12.8. The number of Topliss-reactive ketones (excluding diaryl/α,β-unsaturated/α-hetero) is 1. The van der Waals surface area contributed by atoms with Gasteiger partial charge in [0.2, 0.25) is 0 Å². The Balaban J connectivity index is 1.26. The molecule has 0 bridgehead atoms. The molecule has 8 heteroatoms. The molecule has 38 heavy (non-hydrogen) atoms. The molecule has 3 aromatic carbocycles. The van der Waals surface area contributed by atoms with Crippen molar-refractivity contribution in [3.8, 4) is 5.75 Å². The maximum absolute atomic E-state index is 13.3. The predicted octanol–water partition coefficient (Wildman–Crippen LogP) is 4.33. The van der Waals surface area contributed by atoms with E-state index in [0.29, 0.717) is 41.7 Å². The lowest BCUT2D eigenvalue weighted by molar-refractivity contribution is -0.144. The van der Waals surface area contributed by atoms with E-state index in [2.05, 4.69) is 10.3 Å². The van der Waals surface area contributed by atoms with E-state index >= 15 is 0 Å². The van der Waals surface area contributed by atoms with E-state index < -0.39 is 23.7 Å². The second-order valence-corrected chi connectivity index (χ2v) is 9.88. The molecular weight excluding hydrogens is 482 g/mol. The molecule has 5 rings (SSSR count). The second-order valence-electron chi connectivity index (χ2n) is 9.88. The number of hydrogen-bond donors (Lipinski definition) is 1. The Bertz CT molecular complexity index is 1510. The fourth-order valence-corrected chi connectivity index (χ4v) is 5.35. The number of benzene rings is 3. The molecule has 1 saturated carbocycles. The number of aromatic nitrogens is 3. The summed E-state index contributed by atoms with van der Waals surface area (Å²) in [6.07, 6.45) is 1.72.